The summed E-state index contributed by atoms with van der Waals surface area (Å²) >= 11 is 0. The maximum absolute atomic E-state index is 12.6. The van der Waals surface area contributed by atoms with E-state index in [1.165, 1.54) is 53.8 Å². The maximum atomic E-state index is 12.6. The van der Waals surface area contributed by atoms with Gasteiger partial charge in [-0.1, -0.05) is 36.9 Å². The monoisotopic (exact) mass is 620 g/mol. The van der Waals surface area contributed by atoms with Gasteiger partial charge in [0.2, 0.25) is 12.5 Å². The van der Waals surface area contributed by atoms with Crippen molar-refractivity contribution in [1.82, 2.24) is 14.9 Å². The van der Waals surface area contributed by atoms with E-state index in [1.807, 2.05) is 0 Å². The Morgan fingerprint density at radius 2 is 1.98 bits per heavy atom. The summed E-state index contributed by atoms with van der Waals surface area (Å²) in [6.07, 6.45) is 8.68. The first-order chi connectivity index (χ1) is 22.4. The van der Waals surface area contributed by atoms with Crippen LogP contribution in [0.25, 0.3) is 15.6 Å². The zero-order valence-corrected chi connectivity index (χ0v) is 27.1. The lowest BCUT2D eigenvalue weighted by molar-refractivity contribution is -0.128. The van der Waals surface area contributed by atoms with Gasteiger partial charge in [-0.3, -0.25) is 4.79 Å². The van der Waals surface area contributed by atoms with Crippen LogP contribution in [0.2, 0.25) is 0 Å². The van der Waals surface area contributed by atoms with Crippen molar-refractivity contribution < 1.29 is 14.3 Å². The van der Waals surface area contributed by atoms with E-state index < -0.39 is 0 Å². The molecule has 2 aliphatic carbocycles. The molecule has 1 saturated heterocycles. The molecule has 3 heterocycles. The Morgan fingerprint density at radius 3 is 2.74 bits per heavy atom. The quantitative estimate of drug-likeness (QED) is 0.223. The maximum Gasteiger partial charge on any atom is 0.318 e. The Bertz CT molecular complexity index is 1670. The lowest BCUT2D eigenvalue weighted by Crippen LogP contribution is -2.56. The number of amides is 1. The molecule has 2 saturated carbocycles. The van der Waals surface area contributed by atoms with Crippen molar-refractivity contribution in [3.63, 3.8) is 0 Å². The zero-order valence-electron chi connectivity index (χ0n) is 27.1. The Kier molecular flexibility index (Phi) is 8.33. The molecule has 0 bridgehead atoms. The van der Waals surface area contributed by atoms with Crippen LogP contribution in [0.4, 0.5) is 11.5 Å². The average molecular weight is 621 g/mol. The fourth-order valence-electron chi connectivity index (χ4n) is 7.87. The summed E-state index contributed by atoms with van der Waals surface area (Å²) in [7, 11) is 0. The zero-order chi connectivity index (χ0) is 31.8. The number of aryl methyl sites for hydroxylation is 1. The number of hydrogen-bond acceptors (Lipinski definition) is 7. The molecule has 1 spiro atoms. The van der Waals surface area contributed by atoms with Gasteiger partial charge in [-0.05, 0) is 80.9 Å². The van der Waals surface area contributed by atoms with Gasteiger partial charge < -0.3 is 29.0 Å². The highest BCUT2D eigenvalue weighted by molar-refractivity contribution is 5.97. The van der Waals surface area contributed by atoms with E-state index in [-0.39, 0.29) is 24.6 Å². The average Bonchev–Trinajstić information content (AvgIpc) is 3.72. The fraction of sp³-hybridized carbons (Fsp3) is 0.514. The molecule has 9 heteroatoms. The standard InChI is InChI=1S/C37H44N6O3/c1-5-33(44)43-19-18-42(22-28(43)21-38-4)35-30-13-17-41(32-11-7-10-27-9-6-8-25(2)34(27)32)23-31(30)39-36(40-35)45-24-26(3)46-29-12-14-37(20-29)15-16-37/h5-11,26,28-29H,1,12-24H2,2-3H3/t26-,28-,29?/m0/s1. The number of ether oxygens (including phenoxy) is 2. The molecule has 0 N–H and O–H groups in total. The van der Waals surface area contributed by atoms with Crippen LogP contribution in [0, 0.1) is 18.9 Å². The Hall–Kier alpha value is -4.16. The highest BCUT2D eigenvalue weighted by Crippen LogP contribution is 2.58. The highest BCUT2D eigenvalue weighted by atomic mass is 16.5. The number of fused-ring (bicyclic) bond motifs is 2. The van der Waals surface area contributed by atoms with E-state index in [4.69, 9.17) is 26.0 Å². The molecule has 2 aromatic carbocycles. The van der Waals surface area contributed by atoms with Gasteiger partial charge in [0.1, 0.15) is 18.5 Å². The molecule has 4 aliphatic rings. The predicted octanol–water partition coefficient (Wildman–Crippen LogP) is 5.74. The minimum Gasteiger partial charge on any atom is -0.461 e. The Labute approximate surface area is 272 Å². The van der Waals surface area contributed by atoms with Crippen molar-refractivity contribution in [2.75, 3.05) is 49.1 Å². The molecular formula is C37H44N6O3. The normalized spacial score (nSPS) is 22.4. The number of benzene rings is 2. The number of aromatic nitrogens is 2. The Morgan fingerprint density at radius 1 is 1.15 bits per heavy atom. The summed E-state index contributed by atoms with van der Waals surface area (Å²) < 4.78 is 12.7. The number of carbonyl (C=O) groups excluding carboxylic acids is 1. The van der Waals surface area contributed by atoms with Crippen LogP contribution in [-0.2, 0) is 22.5 Å². The minimum atomic E-state index is -0.236. The first-order valence-corrected chi connectivity index (χ1v) is 16.8. The highest BCUT2D eigenvalue weighted by Gasteiger charge is 2.48. The number of carbonyl (C=O) groups is 1. The predicted molar refractivity (Wildman–Crippen MR) is 180 cm³/mol. The van der Waals surface area contributed by atoms with E-state index in [2.05, 4.69) is 71.5 Å². The Balaban J connectivity index is 1.16. The fourth-order valence-corrected chi connectivity index (χ4v) is 7.87. The van der Waals surface area contributed by atoms with Crippen molar-refractivity contribution in [1.29, 1.82) is 0 Å². The summed E-state index contributed by atoms with van der Waals surface area (Å²) in [5.41, 5.74) is 5.12. The van der Waals surface area contributed by atoms with Gasteiger partial charge in [-0.2, -0.15) is 9.97 Å². The van der Waals surface area contributed by atoms with Crippen molar-refractivity contribution in [3.8, 4) is 6.01 Å². The van der Waals surface area contributed by atoms with Crippen LogP contribution in [-0.4, -0.2) is 78.4 Å². The third-order valence-electron chi connectivity index (χ3n) is 10.5. The molecule has 1 amide bonds. The summed E-state index contributed by atoms with van der Waals surface area (Å²) in [4.78, 5) is 32.7. The van der Waals surface area contributed by atoms with Crippen LogP contribution in [0.5, 0.6) is 6.01 Å². The topological polar surface area (TPSA) is 75.4 Å². The third-order valence-corrected chi connectivity index (χ3v) is 10.5. The molecule has 1 aromatic heterocycles. The lowest BCUT2D eigenvalue weighted by atomic mass is 9.99. The molecule has 9 nitrogen and oxygen atoms in total. The van der Waals surface area contributed by atoms with Gasteiger partial charge in [-0.15, -0.1) is 0 Å². The number of rotatable bonds is 9. The molecule has 1 unspecified atom stereocenters. The van der Waals surface area contributed by atoms with E-state index in [1.54, 1.807) is 4.90 Å². The van der Waals surface area contributed by atoms with Crippen molar-refractivity contribution in [3.05, 3.63) is 77.3 Å². The van der Waals surface area contributed by atoms with Crippen LogP contribution < -0.4 is 14.5 Å². The van der Waals surface area contributed by atoms with E-state index in [9.17, 15) is 4.79 Å². The first-order valence-electron chi connectivity index (χ1n) is 16.8. The number of piperazine rings is 1. The van der Waals surface area contributed by atoms with Gasteiger partial charge in [0, 0.05) is 42.8 Å². The summed E-state index contributed by atoms with van der Waals surface area (Å²) in [5, 5.41) is 2.51. The van der Waals surface area contributed by atoms with Gasteiger partial charge in [0.05, 0.1) is 24.4 Å². The molecule has 46 heavy (non-hydrogen) atoms. The van der Waals surface area contributed by atoms with E-state index in [0.717, 1.165) is 36.5 Å². The van der Waals surface area contributed by atoms with Crippen LogP contribution in [0.1, 0.15) is 55.8 Å². The van der Waals surface area contributed by atoms with Gasteiger partial charge in [0.25, 0.3) is 0 Å². The molecule has 240 valence electrons. The largest absolute Gasteiger partial charge is 0.461 e. The number of anilines is 2. The van der Waals surface area contributed by atoms with Crippen molar-refractivity contribution in [2.24, 2.45) is 5.41 Å². The smallest absolute Gasteiger partial charge is 0.318 e. The molecule has 0 radical (unpaired) electrons. The molecule has 3 aromatic rings. The van der Waals surface area contributed by atoms with E-state index in [0.29, 0.717) is 50.3 Å². The van der Waals surface area contributed by atoms with Crippen LogP contribution in [0.15, 0.2) is 49.1 Å². The molecule has 3 fully saturated rings. The molecule has 7 rings (SSSR count). The summed E-state index contributed by atoms with van der Waals surface area (Å²) in [6.45, 7) is 19.2. The van der Waals surface area contributed by atoms with Gasteiger partial charge in [0.15, 0.2) is 0 Å². The number of hydrogen-bond donors (Lipinski definition) is 0. The third kappa shape index (κ3) is 6.03. The molecular weight excluding hydrogens is 576 g/mol. The van der Waals surface area contributed by atoms with E-state index >= 15 is 0 Å². The second-order valence-electron chi connectivity index (χ2n) is 13.7. The number of nitrogens with zero attached hydrogens (tertiary/aromatic N) is 6. The SMILES string of the molecule is [C-]#[N+]C[C@H]1CN(c2nc(OC[C@H](C)OC3CCC4(CC4)C3)nc3c2CCN(c2cccc4cccc(C)c24)C3)CCN1C(=O)C=C. The first kappa shape index (κ1) is 30.5. The summed E-state index contributed by atoms with van der Waals surface area (Å²) in [5.74, 6) is 0.724. The van der Waals surface area contributed by atoms with Crippen LogP contribution >= 0.6 is 0 Å². The lowest BCUT2D eigenvalue weighted by Gasteiger charge is -2.41. The molecule has 3 atom stereocenters. The second kappa shape index (κ2) is 12.6. The molecule has 2 aliphatic heterocycles. The van der Waals surface area contributed by atoms with Crippen molar-refractivity contribution in [2.45, 2.75) is 77.2 Å². The van der Waals surface area contributed by atoms with Crippen molar-refractivity contribution >= 4 is 28.2 Å². The second-order valence-corrected chi connectivity index (χ2v) is 13.7. The van der Waals surface area contributed by atoms with Gasteiger partial charge >= 0.3 is 6.01 Å². The van der Waals surface area contributed by atoms with Gasteiger partial charge in [-0.25, -0.2) is 6.57 Å². The van der Waals surface area contributed by atoms with Crippen LogP contribution in [0.3, 0.4) is 0 Å². The minimum absolute atomic E-state index is 0.0614. The summed E-state index contributed by atoms with van der Waals surface area (Å²) in [6, 6.07) is 13.1.